The minimum absolute atomic E-state index is 0.0437. The number of ether oxygens (including phenoxy) is 2. The Balaban J connectivity index is 1.90. The number of nitrogens with two attached hydrogens (primary N) is 1. The van der Waals surface area contributed by atoms with Crippen LogP contribution in [-0.2, 0) is 27.8 Å². The van der Waals surface area contributed by atoms with Crippen molar-refractivity contribution in [1.82, 2.24) is 5.32 Å². The van der Waals surface area contributed by atoms with E-state index in [2.05, 4.69) is 5.32 Å². The zero-order chi connectivity index (χ0) is 22.4. The highest BCUT2D eigenvalue weighted by Gasteiger charge is 2.29. The second-order valence-corrected chi connectivity index (χ2v) is 7.92. The molecule has 0 saturated heterocycles. The third-order valence-corrected chi connectivity index (χ3v) is 4.89. The van der Waals surface area contributed by atoms with Crippen molar-refractivity contribution in [2.75, 3.05) is 13.7 Å². The highest BCUT2D eigenvalue weighted by molar-refractivity contribution is 7.89. The topological polar surface area (TPSA) is 108 Å². The largest absolute Gasteiger partial charge is 0.493 e. The van der Waals surface area contributed by atoms with Gasteiger partial charge < -0.3 is 14.8 Å². The zero-order valence-electron chi connectivity index (χ0n) is 16.0. The summed E-state index contributed by atoms with van der Waals surface area (Å²) < 4.78 is 69.4. The first-order chi connectivity index (χ1) is 14.0. The predicted molar refractivity (Wildman–Crippen MR) is 103 cm³/mol. The number of primary sulfonamides is 1. The third-order valence-electron chi connectivity index (χ3n) is 3.98. The lowest BCUT2D eigenvalue weighted by atomic mass is 10.1. The van der Waals surface area contributed by atoms with E-state index in [0.29, 0.717) is 17.5 Å². The van der Waals surface area contributed by atoms with E-state index in [4.69, 9.17) is 14.6 Å². The van der Waals surface area contributed by atoms with Gasteiger partial charge in [0.15, 0.2) is 18.1 Å². The summed E-state index contributed by atoms with van der Waals surface area (Å²) in [5.41, 5.74) is 1.25. The highest BCUT2D eigenvalue weighted by Crippen LogP contribution is 2.30. The molecule has 1 amide bonds. The molecule has 0 fully saturated rings. The Morgan fingerprint density at radius 2 is 1.83 bits per heavy atom. The molecule has 0 aliphatic carbocycles. The van der Waals surface area contributed by atoms with Crippen LogP contribution in [-0.4, -0.2) is 34.2 Å². The SMILES string of the molecule is COc1cc(CCC(=O)NCc2cccc(S(N)(=O)=O)c2)ccc1OCC(F)(F)F. The van der Waals surface area contributed by atoms with Crippen molar-refractivity contribution in [3.8, 4) is 11.5 Å². The lowest BCUT2D eigenvalue weighted by Crippen LogP contribution is -2.23. The van der Waals surface area contributed by atoms with Gasteiger partial charge in [-0.25, -0.2) is 13.6 Å². The molecule has 0 aliphatic heterocycles. The normalized spacial score (nSPS) is 11.8. The highest BCUT2D eigenvalue weighted by atomic mass is 32.2. The minimum Gasteiger partial charge on any atom is -0.493 e. The van der Waals surface area contributed by atoms with E-state index in [1.54, 1.807) is 12.1 Å². The summed E-state index contributed by atoms with van der Waals surface area (Å²) in [6.07, 6.45) is -4.03. The van der Waals surface area contributed by atoms with Crippen molar-refractivity contribution in [1.29, 1.82) is 0 Å². The number of alkyl halides is 3. The van der Waals surface area contributed by atoms with Crippen LogP contribution in [0.4, 0.5) is 13.2 Å². The number of nitrogens with one attached hydrogen (secondary N) is 1. The zero-order valence-corrected chi connectivity index (χ0v) is 16.8. The molecular formula is C19H21F3N2O5S. The maximum absolute atomic E-state index is 12.3. The van der Waals surface area contributed by atoms with Crippen LogP contribution < -0.4 is 19.9 Å². The van der Waals surface area contributed by atoms with Gasteiger partial charge in [0.1, 0.15) is 0 Å². The molecule has 0 aromatic heterocycles. The second-order valence-electron chi connectivity index (χ2n) is 6.36. The fourth-order valence-electron chi connectivity index (χ4n) is 2.53. The van der Waals surface area contributed by atoms with Crippen LogP contribution in [0.5, 0.6) is 11.5 Å². The molecule has 2 aromatic rings. The average Bonchev–Trinajstić information content (AvgIpc) is 2.68. The fraction of sp³-hybridized carbons (Fsp3) is 0.316. The Kier molecular flexibility index (Phi) is 7.68. The van der Waals surface area contributed by atoms with Crippen LogP contribution in [0.3, 0.4) is 0 Å². The van der Waals surface area contributed by atoms with Gasteiger partial charge in [-0.2, -0.15) is 13.2 Å². The first-order valence-corrected chi connectivity index (χ1v) is 10.3. The first kappa shape index (κ1) is 23.5. The summed E-state index contributed by atoms with van der Waals surface area (Å²) in [6, 6.07) is 10.3. The number of methoxy groups -OCH3 is 1. The van der Waals surface area contributed by atoms with Gasteiger partial charge in [-0.3, -0.25) is 4.79 Å². The summed E-state index contributed by atoms with van der Waals surface area (Å²) in [4.78, 5) is 12.0. The molecule has 0 heterocycles. The molecular weight excluding hydrogens is 425 g/mol. The lowest BCUT2D eigenvalue weighted by molar-refractivity contribution is -0.153. The maximum Gasteiger partial charge on any atom is 0.422 e. The number of carbonyl (C=O) groups is 1. The van der Waals surface area contributed by atoms with Gasteiger partial charge in [-0.05, 0) is 41.8 Å². The molecule has 11 heteroatoms. The van der Waals surface area contributed by atoms with Gasteiger partial charge in [0.05, 0.1) is 12.0 Å². The number of hydrogen-bond acceptors (Lipinski definition) is 5. The van der Waals surface area contributed by atoms with Crippen LogP contribution >= 0.6 is 0 Å². The molecule has 0 aliphatic rings. The number of amides is 1. The van der Waals surface area contributed by atoms with Crippen molar-refractivity contribution in [3.63, 3.8) is 0 Å². The van der Waals surface area contributed by atoms with Gasteiger partial charge in [0.2, 0.25) is 15.9 Å². The molecule has 0 bridgehead atoms. The molecule has 164 valence electrons. The molecule has 0 saturated carbocycles. The Morgan fingerprint density at radius 3 is 2.47 bits per heavy atom. The van der Waals surface area contributed by atoms with Crippen molar-refractivity contribution in [2.45, 2.75) is 30.5 Å². The van der Waals surface area contributed by atoms with Gasteiger partial charge in [-0.1, -0.05) is 18.2 Å². The van der Waals surface area contributed by atoms with Gasteiger partial charge >= 0.3 is 6.18 Å². The van der Waals surface area contributed by atoms with Crippen molar-refractivity contribution >= 4 is 15.9 Å². The quantitative estimate of drug-likeness (QED) is 0.616. The van der Waals surface area contributed by atoms with E-state index in [9.17, 15) is 26.4 Å². The molecule has 30 heavy (non-hydrogen) atoms. The van der Waals surface area contributed by atoms with Crippen LogP contribution in [0.25, 0.3) is 0 Å². The van der Waals surface area contributed by atoms with Crippen molar-refractivity contribution in [3.05, 3.63) is 53.6 Å². The first-order valence-electron chi connectivity index (χ1n) is 8.73. The monoisotopic (exact) mass is 446 g/mol. The minimum atomic E-state index is -4.46. The molecule has 7 nitrogen and oxygen atoms in total. The summed E-state index contributed by atoms with van der Waals surface area (Å²) in [5, 5.41) is 7.75. The van der Waals surface area contributed by atoms with E-state index in [0.717, 1.165) is 0 Å². The van der Waals surface area contributed by atoms with Gasteiger partial charge in [-0.15, -0.1) is 0 Å². The molecule has 0 atom stereocenters. The molecule has 0 radical (unpaired) electrons. The average molecular weight is 446 g/mol. The number of sulfonamides is 1. The number of halogens is 3. The number of aryl methyl sites for hydroxylation is 1. The Labute approximate surface area is 172 Å². The molecule has 2 rings (SSSR count). The summed E-state index contributed by atoms with van der Waals surface area (Å²) in [7, 11) is -2.52. The van der Waals surface area contributed by atoms with E-state index in [-0.39, 0.29) is 35.3 Å². The summed E-state index contributed by atoms with van der Waals surface area (Å²) >= 11 is 0. The second kappa shape index (κ2) is 9.81. The van der Waals surface area contributed by atoms with E-state index in [1.165, 1.54) is 37.4 Å². The van der Waals surface area contributed by atoms with Crippen LogP contribution in [0.15, 0.2) is 47.4 Å². The van der Waals surface area contributed by atoms with Gasteiger partial charge in [0.25, 0.3) is 0 Å². The number of carbonyl (C=O) groups excluding carboxylic acids is 1. The molecule has 2 aromatic carbocycles. The predicted octanol–water partition coefficient (Wildman–Crippen LogP) is 2.53. The van der Waals surface area contributed by atoms with E-state index in [1.807, 2.05) is 0 Å². The van der Waals surface area contributed by atoms with Gasteiger partial charge in [0, 0.05) is 13.0 Å². The summed E-state index contributed by atoms with van der Waals surface area (Å²) in [6.45, 7) is -1.31. The third kappa shape index (κ3) is 7.56. The number of rotatable bonds is 9. The molecule has 0 spiro atoms. The van der Waals surface area contributed by atoms with Crippen molar-refractivity contribution < 1.29 is 35.9 Å². The van der Waals surface area contributed by atoms with Crippen LogP contribution in [0, 0.1) is 0 Å². The number of hydrogen-bond donors (Lipinski definition) is 2. The Morgan fingerprint density at radius 1 is 1.10 bits per heavy atom. The Hall–Kier alpha value is -2.79. The molecule has 0 unspecified atom stereocenters. The van der Waals surface area contributed by atoms with Crippen LogP contribution in [0.2, 0.25) is 0 Å². The molecule has 3 N–H and O–H groups in total. The smallest absolute Gasteiger partial charge is 0.422 e. The maximum atomic E-state index is 12.3. The standard InChI is InChI=1S/C19H21F3N2O5S/c1-28-17-10-13(5-7-16(17)29-12-19(20,21)22)6-8-18(25)24-11-14-3-2-4-15(9-14)30(23,26)27/h2-5,7,9-10H,6,8,11-12H2,1H3,(H,24,25)(H2,23,26,27). The van der Waals surface area contributed by atoms with Crippen LogP contribution in [0.1, 0.15) is 17.5 Å². The fourth-order valence-corrected chi connectivity index (χ4v) is 3.11. The van der Waals surface area contributed by atoms with Crippen molar-refractivity contribution in [2.24, 2.45) is 5.14 Å². The Bertz CT molecular complexity index is 994. The lowest BCUT2D eigenvalue weighted by Gasteiger charge is -2.13. The van der Waals surface area contributed by atoms with E-state index < -0.39 is 22.8 Å². The van der Waals surface area contributed by atoms with E-state index >= 15 is 0 Å². The summed E-state index contributed by atoms with van der Waals surface area (Å²) in [5.74, 6) is -0.192. The number of benzene rings is 2.